The monoisotopic (exact) mass is 259 g/mol. The van der Waals surface area contributed by atoms with Gasteiger partial charge in [-0.05, 0) is 12.0 Å². The van der Waals surface area contributed by atoms with Gasteiger partial charge < -0.3 is 10.0 Å². The zero-order valence-corrected chi connectivity index (χ0v) is 10.7. The van der Waals surface area contributed by atoms with Gasteiger partial charge in [-0.25, -0.2) is 0 Å². The molecule has 1 saturated heterocycles. The number of hydrogen-bond acceptors (Lipinski definition) is 2. The van der Waals surface area contributed by atoms with Gasteiger partial charge in [0.15, 0.2) is 0 Å². The molecule has 1 heterocycles. The van der Waals surface area contributed by atoms with Crippen LogP contribution in [0.25, 0.3) is 6.08 Å². The molecule has 0 bridgehead atoms. The molecule has 0 spiro atoms. The second kappa shape index (κ2) is 6.18. The van der Waals surface area contributed by atoms with Crippen molar-refractivity contribution in [2.75, 3.05) is 13.1 Å². The van der Waals surface area contributed by atoms with E-state index >= 15 is 0 Å². The number of likely N-dealkylation sites (tertiary alicyclic amines) is 1. The van der Waals surface area contributed by atoms with Gasteiger partial charge in [0, 0.05) is 19.5 Å². The molecule has 1 aliphatic rings. The van der Waals surface area contributed by atoms with Crippen molar-refractivity contribution < 1.29 is 14.7 Å². The van der Waals surface area contributed by atoms with Crippen LogP contribution >= 0.6 is 0 Å². The Morgan fingerprint density at radius 2 is 2.11 bits per heavy atom. The summed E-state index contributed by atoms with van der Waals surface area (Å²) < 4.78 is 0. The van der Waals surface area contributed by atoms with E-state index in [1.807, 2.05) is 42.5 Å². The van der Waals surface area contributed by atoms with Crippen molar-refractivity contribution in [1.82, 2.24) is 4.90 Å². The van der Waals surface area contributed by atoms with Gasteiger partial charge >= 0.3 is 5.97 Å². The fraction of sp³-hybridized carbons (Fsp3) is 0.333. The van der Waals surface area contributed by atoms with Crippen LogP contribution < -0.4 is 0 Å². The molecule has 100 valence electrons. The molecule has 1 atom stereocenters. The van der Waals surface area contributed by atoms with Crippen LogP contribution in [0.15, 0.2) is 36.4 Å². The molecule has 4 nitrogen and oxygen atoms in total. The van der Waals surface area contributed by atoms with E-state index in [0.717, 1.165) is 12.0 Å². The maximum absolute atomic E-state index is 11.6. The molecule has 0 aromatic heterocycles. The predicted octanol–water partition coefficient (Wildman–Crippen LogP) is 2.02. The van der Waals surface area contributed by atoms with Gasteiger partial charge in [0.05, 0.1) is 5.92 Å². The quantitative estimate of drug-likeness (QED) is 0.880. The van der Waals surface area contributed by atoms with Crippen LogP contribution in [0.3, 0.4) is 0 Å². The molecule has 4 heteroatoms. The van der Waals surface area contributed by atoms with E-state index < -0.39 is 11.9 Å². The number of nitrogens with zero attached hydrogens (tertiary/aromatic N) is 1. The van der Waals surface area contributed by atoms with Gasteiger partial charge in [-0.1, -0.05) is 42.5 Å². The van der Waals surface area contributed by atoms with Gasteiger partial charge in [0.25, 0.3) is 0 Å². The van der Waals surface area contributed by atoms with Gasteiger partial charge in [-0.15, -0.1) is 0 Å². The molecular formula is C15H17NO3. The lowest BCUT2D eigenvalue weighted by Gasteiger charge is -2.14. The minimum atomic E-state index is -0.879. The molecule has 2 rings (SSSR count). The van der Waals surface area contributed by atoms with Gasteiger partial charge in [0.1, 0.15) is 0 Å². The van der Waals surface area contributed by atoms with Gasteiger partial charge in [-0.2, -0.15) is 0 Å². The summed E-state index contributed by atoms with van der Waals surface area (Å²) >= 11 is 0. The highest BCUT2D eigenvalue weighted by Crippen LogP contribution is 2.18. The maximum atomic E-state index is 11.6. The van der Waals surface area contributed by atoms with Gasteiger partial charge in [-0.3, -0.25) is 9.59 Å². The minimum Gasteiger partial charge on any atom is -0.481 e. The third kappa shape index (κ3) is 3.68. The number of benzene rings is 1. The lowest BCUT2D eigenvalue weighted by atomic mass is 10.1. The Balaban J connectivity index is 1.79. The SMILES string of the molecule is O=C(O)C1CC(=O)N(CC/C=C/c2ccccc2)C1. The van der Waals surface area contributed by atoms with E-state index in [1.165, 1.54) is 0 Å². The summed E-state index contributed by atoms with van der Waals surface area (Å²) in [4.78, 5) is 24.0. The smallest absolute Gasteiger partial charge is 0.308 e. The predicted molar refractivity (Wildman–Crippen MR) is 72.4 cm³/mol. The summed E-state index contributed by atoms with van der Waals surface area (Å²) in [6, 6.07) is 9.93. The van der Waals surface area contributed by atoms with E-state index in [9.17, 15) is 9.59 Å². The van der Waals surface area contributed by atoms with Crippen LogP contribution in [0.2, 0.25) is 0 Å². The highest BCUT2D eigenvalue weighted by atomic mass is 16.4. The molecular weight excluding hydrogens is 242 g/mol. The van der Waals surface area contributed by atoms with Crippen LogP contribution in [-0.2, 0) is 9.59 Å². The average Bonchev–Trinajstić information content (AvgIpc) is 2.78. The van der Waals surface area contributed by atoms with Crippen molar-refractivity contribution in [2.24, 2.45) is 5.92 Å². The topological polar surface area (TPSA) is 57.6 Å². The third-order valence-corrected chi connectivity index (χ3v) is 3.24. The van der Waals surface area contributed by atoms with Crippen molar-refractivity contribution in [3.8, 4) is 0 Å². The number of carbonyl (C=O) groups excluding carboxylic acids is 1. The van der Waals surface area contributed by atoms with Crippen LogP contribution in [0.5, 0.6) is 0 Å². The van der Waals surface area contributed by atoms with Crippen molar-refractivity contribution in [1.29, 1.82) is 0 Å². The second-order valence-corrected chi connectivity index (χ2v) is 4.68. The number of rotatable bonds is 5. The summed E-state index contributed by atoms with van der Waals surface area (Å²) in [6.07, 6.45) is 4.90. The minimum absolute atomic E-state index is 0.0551. The largest absolute Gasteiger partial charge is 0.481 e. The molecule has 1 aromatic carbocycles. The molecule has 1 N–H and O–H groups in total. The summed E-state index contributed by atoms with van der Waals surface area (Å²) in [7, 11) is 0. The second-order valence-electron chi connectivity index (χ2n) is 4.68. The first kappa shape index (κ1) is 13.3. The van der Waals surface area contributed by atoms with Crippen LogP contribution in [0.1, 0.15) is 18.4 Å². The average molecular weight is 259 g/mol. The highest BCUT2D eigenvalue weighted by Gasteiger charge is 2.33. The zero-order valence-electron chi connectivity index (χ0n) is 10.7. The van der Waals surface area contributed by atoms with Crippen LogP contribution in [0, 0.1) is 5.92 Å². The number of carbonyl (C=O) groups is 2. The lowest BCUT2D eigenvalue weighted by Crippen LogP contribution is -2.27. The Bertz CT molecular complexity index is 481. The molecule has 1 aliphatic heterocycles. The van der Waals surface area contributed by atoms with Gasteiger partial charge in [0.2, 0.25) is 5.91 Å². The summed E-state index contributed by atoms with van der Waals surface area (Å²) in [5.74, 6) is -1.47. The number of amides is 1. The lowest BCUT2D eigenvalue weighted by molar-refractivity contribution is -0.141. The highest BCUT2D eigenvalue weighted by molar-refractivity contribution is 5.86. The Morgan fingerprint density at radius 3 is 2.74 bits per heavy atom. The van der Waals surface area contributed by atoms with Crippen molar-refractivity contribution in [2.45, 2.75) is 12.8 Å². The van der Waals surface area contributed by atoms with E-state index in [4.69, 9.17) is 5.11 Å². The Morgan fingerprint density at radius 1 is 1.37 bits per heavy atom. The Hall–Kier alpha value is -2.10. The van der Waals surface area contributed by atoms with E-state index in [2.05, 4.69) is 0 Å². The standard InChI is InChI=1S/C15H17NO3/c17-14-10-13(15(18)19)11-16(14)9-5-4-8-12-6-2-1-3-7-12/h1-4,6-8,13H,5,9-11H2,(H,18,19)/b8-4+. The first-order valence-corrected chi connectivity index (χ1v) is 6.39. The van der Waals surface area contributed by atoms with Crippen LogP contribution in [0.4, 0.5) is 0 Å². The van der Waals surface area contributed by atoms with Crippen molar-refractivity contribution in [3.63, 3.8) is 0 Å². The summed E-state index contributed by atoms with van der Waals surface area (Å²) in [6.45, 7) is 0.930. The first-order valence-electron chi connectivity index (χ1n) is 6.39. The first-order chi connectivity index (χ1) is 9.16. The molecule has 1 amide bonds. The van der Waals surface area contributed by atoms with Crippen LogP contribution in [-0.4, -0.2) is 35.0 Å². The van der Waals surface area contributed by atoms with Crippen molar-refractivity contribution >= 4 is 18.0 Å². The summed E-state index contributed by atoms with van der Waals surface area (Å²) in [5.41, 5.74) is 1.12. The number of carboxylic acid groups (broad SMARTS) is 1. The van der Waals surface area contributed by atoms with Crippen molar-refractivity contribution in [3.05, 3.63) is 42.0 Å². The molecule has 1 unspecified atom stereocenters. The molecule has 0 radical (unpaired) electrons. The molecule has 0 saturated carbocycles. The van der Waals surface area contributed by atoms with E-state index in [-0.39, 0.29) is 12.3 Å². The van der Waals surface area contributed by atoms with E-state index in [1.54, 1.807) is 4.90 Å². The molecule has 19 heavy (non-hydrogen) atoms. The third-order valence-electron chi connectivity index (χ3n) is 3.24. The zero-order chi connectivity index (χ0) is 13.7. The number of hydrogen-bond donors (Lipinski definition) is 1. The molecule has 1 aromatic rings. The normalized spacial score (nSPS) is 19.3. The number of aliphatic carboxylic acids is 1. The maximum Gasteiger partial charge on any atom is 0.308 e. The van der Waals surface area contributed by atoms with E-state index in [0.29, 0.717) is 13.1 Å². The number of carboxylic acids is 1. The molecule has 0 aliphatic carbocycles. The Labute approximate surface area is 112 Å². The fourth-order valence-electron chi connectivity index (χ4n) is 2.17. The molecule has 1 fully saturated rings. The Kier molecular flexibility index (Phi) is 4.34. The fourth-order valence-corrected chi connectivity index (χ4v) is 2.17. The summed E-state index contributed by atoms with van der Waals surface area (Å²) in [5, 5.41) is 8.88.